The fourth-order valence-corrected chi connectivity index (χ4v) is 4.64. The predicted octanol–water partition coefficient (Wildman–Crippen LogP) is 5.93. The molecule has 3 aromatic carbocycles. The highest BCUT2D eigenvalue weighted by Crippen LogP contribution is 2.43. The van der Waals surface area contributed by atoms with Gasteiger partial charge in [-0.3, -0.25) is 0 Å². The molecule has 6 nitrogen and oxygen atoms in total. The van der Waals surface area contributed by atoms with Crippen molar-refractivity contribution >= 4 is 16.9 Å². The van der Waals surface area contributed by atoms with Gasteiger partial charge in [-0.05, 0) is 61.7 Å². The van der Waals surface area contributed by atoms with Crippen LogP contribution in [0.3, 0.4) is 0 Å². The summed E-state index contributed by atoms with van der Waals surface area (Å²) in [5.41, 5.74) is 11.0. The Bertz CT molecular complexity index is 1580. The number of allylic oxidation sites excluding steroid dienone is 1. The van der Waals surface area contributed by atoms with E-state index < -0.39 is 11.9 Å². The molecule has 1 aliphatic rings. The van der Waals surface area contributed by atoms with Crippen LogP contribution in [0.5, 0.6) is 11.5 Å². The van der Waals surface area contributed by atoms with E-state index in [1.54, 1.807) is 24.3 Å². The monoisotopic (exact) mass is 468 g/mol. The number of halogens is 1. The number of hydrogen-bond donors (Lipinski definition) is 1. The minimum atomic E-state index is -0.636. The molecule has 0 saturated heterocycles. The molecular formula is C28H21FN2O4. The Morgan fingerprint density at radius 3 is 2.54 bits per heavy atom. The second-order valence-corrected chi connectivity index (χ2v) is 8.58. The third-order valence-corrected chi connectivity index (χ3v) is 6.16. The molecule has 0 radical (unpaired) electrons. The molecule has 4 aromatic rings. The van der Waals surface area contributed by atoms with Crippen LogP contribution in [0.4, 0.5) is 4.39 Å². The number of ether oxygens (including phenoxy) is 2. The molecule has 174 valence electrons. The molecular weight excluding hydrogens is 447 g/mol. The molecule has 5 rings (SSSR count). The fourth-order valence-electron chi connectivity index (χ4n) is 4.64. The summed E-state index contributed by atoms with van der Waals surface area (Å²) in [7, 11) is 0. The minimum Gasteiger partial charge on any atom is -0.449 e. The third-order valence-electron chi connectivity index (χ3n) is 6.16. The van der Waals surface area contributed by atoms with Crippen LogP contribution in [-0.2, 0) is 0 Å². The molecule has 0 amide bonds. The number of rotatable bonds is 3. The number of furan rings is 1. The quantitative estimate of drug-likeness (QED) is 0.295. The van der Waals surface area contributed by atoms with Gasteiger partial charge in [0.25, 0.3) is 0 Å². The Kier molecular flexibility index (Phi) is 5.29. The van der Waals surface area contributed by atoms with E-state index >= 15 is 0 Å². The lowest BCUT2D eigenvalue weighted by Gasteiger charge is -2.26. The predicted molar refractivity (Wildman–Crippen MR) is 128 cm³/mol. The van der Waals surface area contributed by atoms with Gasteiger partial charge in [0.1, 0.15) is 34.5 Å². The molecule has 0 bridgehead atoms. The molecule has 2 N–H and O–H groups in total. The molecule has 0 fully saturated rings. The number of nitrogens with two attached hydrogens (primary N) is 1. The zero-order valence-electron chi connectivity index (χ0n) is 19.3. The molecule has 35 heavy (non-hydrogen) atoms. The Morgan fingerprint density at radius 1 is 1.09 bits per heavy atom. The topological polar surface area (TPSA) is 98.5 Å². The maximum Gasteiger partial charge on any atom is 0.379 e. The first-order chi connectivity index (χ1) is 16.8. The highest BCUT2D eigenvalue weighted by molar-refractivity contribution is 5.98. The van der Waals surface area contributed by atoms with Crippen molar-refractivity contribution in [3.8, 4) is 17.6 Å². The summed E-state index contributed by atoms with van der Waals surface area (Å²) < 4.78 is 30.6. The maximum atomic E-state index is 13.5. The molecule has 0 aliphatic carbocycles. The Labute approximate surface area is 201 Å². The van der Waals surface area contributed by atoms with E-state index in [0.717, 1.165) is 16.5 Å². The average molecular weight is 468 g/mol. The summed E-state index contributed by atoms with van der Waals surface area (Å²) in [5.74, 6) is -0.924. The van der Waals surface area contributed by atoms with E-state index in [1.165, 1.54) is 18.2 Å². The number of carbonyl (C=O) groups is 1. The van der Waals surface area contributed by atoms with Gasteiger partial charge in [-0.1, -0.05) is 24.3 Å². The number of aryl methyl sites for hydroxylation is 3. The Hall–Kier alpha value is -4.57. The first-order valence-corrected chi connectivity index (χ1v) is 11.0. The normalized spacial score (nSPS) is 14.9. The van der Waals surface area contributed by atoms with Crippen LogP contribution in [0.25, 0.3) is 11.0 Å². The van der Waals surface area contributed by atoms with Crippen molar-refractivity contribution in [1.29, 1.82) is 5.26 Å². The van der Waals surface area contributed by atoms with Crippen molar-refractivity contribution in [2.45, 2.75) is 26.7 Å². The number of carbonyl (C=O) groups excluding carboxylic acids is 1. The zero-order chi connectivity index (χ0) is 24.9. The lowest BCUT2D eigenvalue weighted by atomic mass is 9.83. The molecule has 2 heterocycles. The van der Waals surface area contributed by atoms with Gasteiger partial charge >= 0.3 is 5.97 Å². The van der Waals surface area contributed by atoms with Gasteiger partial charge in [0.2, 0.25) is 11.6 Å². The smallest absolute Gasteiger partial charge is 0.379 e. The largest absolute Gasteiger partial charge is 0.449 e. The zero-order valence-corrected chi connectivity index (χ0v) is 19.3. The summed E-state index contributed by atoms with van der Waals surface area (Å²) in [5, 5.41) is 10.6. The Balaban J connectivity index is 1.49. The average Bonchev–Trinajstić information content (AvgIpc) is 3.15. The highest BCUT2D eigenvalue weighted by atomic mass is 19.1. The maximum absolute atomic E-state index is 13.5. The molecule has 1 unspecified atom stereocenters. The van der Waals surface area contributed by atoms with E-state index in [9.17, 15) is 14.4 Å². The number of esters is 1. The van der Waals surface area contributed by atoms with Crippen molar-refractivity contribution in [3.63, 3.8) is 0 Å². The molecule has 7 heteroatoms. The van der Waals surface area contributed by atoms with Crippen molar-refractivity contribution in [1.82, 2.24) is 0 Å². The number of nitrogens with zero attached hydrogens (tertiary/aromatic N) is 1. The highest BCUT2D eigenvalue weighted by Gasteiger charge is 2.31. The second-order valence-electron chi connectivity index (χ2n) is 8.58. The van der Waals surface area contributed by atoms with Gasteiger partial charge in [-0.25, -0.2) is 9.18 Å². The molecule has 0 saturated carbocycles. The summed E-state index contributed by atoms with van der Waals surface area (Å²) in [6.45, 7) is 5.76. The van der Waals surface area contributed by atoms with Crippen molar-refractivity contribution in [2.24, 2.45) is 5.73 Å². The summed E-state index contributed by atoms with van der Waals surface area (Å²) in [4.78, 5) is 13.0. The number of hydrogen-bond acceptors (Lipinski definition) is 6. The lowest BCUT2D eigenvalue weighted by molar-refractivity contribution is 0.0702. The molecule has 0 spiro atoms. The summed E-state index contributed by atoms with van der Waals surface area (Å²) in [6.07, 6.45) is 0. The van der Waals surface area contributed by atoms with E-state index in [0.29, 0.717) is 28.0 Å². The van der Waals surface area contributed by atoms with E-state index in [2.05, 4.69) is 6.07 Å². The van der Waals surface area contributed by atoms with Gasteiger partial charge < -0.3 is 19.6 Å². The van der Waals surface area contributed by atoms with Crippen LogP contribution in [0.1, 0.15) is 44.3 Å². The number of fused-ring (bicyclic) bond motifs is 2. The third kappa shape index (κ3) is 3.79. The molecule has 1 atom stereocenters. The van der Waals surface area contributed by atoms with Crippen molar-refractivity contribution in [3.05, 3.63) is 105 Å². The van der Waals surface area contributed by atoms with Crippen LogP contribution in [0.2, 0.25) is 0 Å². The first kappa shape index (κ1) is 22.2. The van der Waals surface area contributed by atoms with Crippen LogP contribution in [0.15, 0.2) is 70.5 Å². The number of nitriles is 1. The van der Waals surface area contributed by atoms with E-state index in [-0.39, 0.29) is 28.8 Å². The molecule has 1 aliphatic heterocycles. The van der Waals surface area contributed by atoms with Gasteiger partial charge in [0.15, 0.2) is 0 Å². The van der Waals surface area contributed by atoms with Crippen molar-refractivity contribution < 1.29 is 23.1 Å². The van der Waals surface area contributed by atoms with Crippen LogP contribution >= 0.6 is 0 Å². The lowest BCUT2D eigenvalue weighted by Crippen LogP contribution is -2.21. The van der Waals surface area contributed by atoms with Gasteiger partial charge in [-0.2, -0.15) is 5.26 Å². The standard InChI is InChI=1S/C28H21FN2O4/c1-14-10-15(2)24-16(3)26(34-23(24)11-14)28(32)33-19-8-9-20-22(12-19)35-27(31)21(13-30)25(20)17-4-6-18(29)7-5-17/h4-12,25H,31H2,1-3H3. The van der Waals surface area contributed by atoms with Gasteiger partial charge in [0, 0.05) is 22.6 Å². The minimum absolute atomic E-state index is 0.0585. The SMILES string of the molecule is Cc1cc(C)c2c(C)c(C(=O)Oc3ccc4c(c3)OC(N)=C(C#N)C4c3ccc(F)cc3)oc2c1. The van der Waals surface area contributed by atoms with E-state index in [1.807, 2.05) is 32.9 Å². The summed E-state index contributed by atoms with van der Waals surface area (Å²) in [6, 6.07) is 16.7. The van der Waals surface area contributed by atoms with Crippen LogP contribution in [-0.4, -0.2) is 5.97 Å². The van der Waals surface area contributed by atoms with Gasteiger partial charge in [-0.15, -0.1) is 0 Å². The second kappa shape index (κ2) is 8.33. The van der Waals surface area contributed by atoms with Crippen molar-refractivity contribution in [2.75, 3.05) is 0 Å². The number of benzene rings is 3. The van der Waals surface area contributed by atoms with Crippen LogP contribution in [0, 0.1) is 37.9 Å². The first-order valence-electron chi connectivity index (χ1n) is 11.0. The Morgan fingerprint density at radius 2 is 1.83 bits per heavy atom. The van der Waals surface area contributed by atoms with E-state index in [4.69, 9.17) is 19.6 Å². The molecule has 1 aromatic heterocycles. The summed E-state index contributed by atoms with van der Waals surface area (Å²) >= 11 is 0. The van der Waals surface area contributed by atoms with Crippen LogP contribution < -0.4 is 15.2 Å². The fraction of sp³-hybridized carbons (Fsp3) is 0.143. The van der Waals surface area contributed by atoms with Gasteiger partial charge in [0.05, 0.1) is 5.92 Å².